The van der Waals surface area contributed by atoms with Gasteiger partial charge in [0.25, 0.3) is 0 Å². The Balaban J connectivity index is 1.33. The van der Waals surface area contributed by atoms with Gasteiger partial charge in [-0.2, -0.15) is 0 Å². The predicted molar refractivity (Wildman–Crippen MR) is 137 cm³/mol. The summed E-state index contributed by atoms with van der Waals surface area (Å²) in [6, 6.07) is 16.3. The van der Waals surface area contributed by atoms with E-state index in [2.05, 4.69) is 36.2 Å². The van der Waals surface area contributed by atoms with Crippen molar-refractivity contribution >= 4 is 35.0 Å². The van der Waals surface area contributed by atoms with E-state index in [0.29, 0.717) is 19.6 Å². The summed E-state index contributed by atoms with van der Waals surface area (Å²) >= 11 is 7.43. The topological polar surface area (TPSA) is 47.9 Å². The molecule has 2 aromatic carbocycles. The summed E-state index contributed by atoms with van der Waals surface area (Å²) in [7, 11) is 0. The van der Waals surface area contributed by atoms with Crippen molar-refractivity contribution in [3.63, 3.8) is 0 Å². The summed E-state index contributed by atoms with van der Waals surface area (Å²) < 4.78 is 12.4. The highest BCUT2D eigenvalue weighted by atomic mass is 35.5. The fraction of sp³-hybridized carbons (Fsp3) is 0.481. The van der Waals surface area contributed by atoms with Gasteiger partial charge in [-0.15, -0.1) is 0 Å². The number of hydrogen-bond acceptors (Lipinski definition) is 3. The summed E-state index contributed by atoms with van der Waals surface area (Å²) in [5, 5.41) is 0.737. The SMILES string of the molecule is CC[SH+]c1ccc(CC(=O)N=C2CCC(OC3(c4ccc(Cl)cc4)CCOCC3)CC2)cc1. The normalized spacial score (nSPS) is 20.4. The van der Waals surface area contributed by atoms with Crippen molar-refractivity contribution in [2.45, 2.75) is 68.5 Å². The predicted octanol–water partition coefficient (Wildman–Crippen LogP) is 5.71. The Morgan fingerprint density at radius 2 is 1.76 bits per heavy atom. The summed E-state index contributed by atoms with van der Waals surface area (Å²) in [5.41, 5.74) is 2.89. The Morgan fingerprint density at radius 1 is 1.09 bits per heavy atom. The first-order valence-corrected chi connectivity index (χ1v) is 13.4. The summed E-state index contributed by atoms with van der Waals surface area (Å²) in [6.07, 6.45) is 5.66. The zero-order chi connectivity index (χ0) is 23.1. The molecule has 0 bridgehead atoms. The number of halogens is 1. The lowest BCUT2D eigenvalue weighted by molar-refractivity contribution is -0.153. The number of ether oxygens (including phenoxy) is 2. The van der Waals surface area contributed by atoms with Crippen molar-refractivity contribution in [1.82, 2.24) is 0 Å². The Labute approximate surface area is 206 Å². The number of rotatable bonds is 7. The minimum atomic E-state index is -0.318. The van der Waals surface area contributed by atoms with Gasteiger partial charge in [-0.3, -0.25) is 4.79 Å². The fourth-order valence-electron chi connectivity index (χ4n) is 4.69. The molecule has 1 aliphatic heterocycles. The van der Waals surface area contributed by atoms with Crippen LogP contribution in [0.5, 0.6) is 0 Å². The molecule has 4 rings (SSSR count). The molecule has 0 unspecified atom stereocenters. The van der Waals surface area contributed by atoms with E-state index < -0.39 is 0 Å². The second-order valence-electron chi connectivity index (χ2n) is 8.82. The Hall–Kier alpha value is -1.66. The van der Waals surface area contributed by atoms with Crippen LogP contribution in [0.1, 0.15) is 56.6 Å². The van der Waals surface area contributed by atoms with Gasteiger partial charge in [0.1, 0.15) is 5.75 Å². The van der Waals surface area contributed by atoms with Gasteiger partial charge in [-0.05, 0) is 68.0 Å². The third kappa shape index (κ3) is 6.69. The number of carbonyl (C=O) groups is 1. The van der Waals surface area contributed by atoms with Crippen molar-refractivity contribution in [3.8, 4) is 0 Å². The molecule has 4 nitrogen and oxygen atoms in total. The van der Waals surface area contributed by atoms with Crippen LogP contribution in [-0.2, 0) is 38.1 Å². The maximum Gasteiger partial charge on any atom is 0.250 e. The van der Waals surface area contributed by atoms with E-state index in [1.165, 1.54) is 22.2 Å². The highest BCUT2D eigenvalue weighted by molar-refractivity contribution is 7.78. The number of carbonyl (C=O) groups excluding carboxylic acids is 1. The van der Waals surface area contributed by atoms with Crippen LogP contribution in [0.25, 0.3) is 0 Å². The Kier molecular flexibility index (Phi) is 8.64. The van der Waals surface area contributed by atoms with Crippen LogP contribution in [0, 0.1) is 0 Å². The van der Waals surface area contributed by atoms with E-state index in [9.17, 15) is 4.79 Å². The molecule has 1 saturated heterocycles. The molecule has 1 saturated carbocycles. The molecule has 1 heterocycles. The standard InChI is InChI=1S/C27H32ClNO3S/c1-2-33-25-13-3-20(4-14-25)19-26(30)29-23-9-11-24(12-10-23)32-27(15-17-31-18-16-27)21-5-7-22(28)8-6-21/h3-8,13-14,24H,2,9-12,15-19H2,1H3/p+1. The van der Waals surface area contributed by atoms with E-state index >= 15 is 0 Å². The molecule has 0 aromatic heterocycles. The number of amides is 1. The quantitative estimate of drug-likeness (QED) is 0.372. The van der Waals surface area contributed by atoms with Gasteiger partial charge in [0.15, 0.2) is 4.90 Å². The summed E-state index contributed by atoms with van der Waals surface area (Å²) in [4.78, 5) is 18.2. The van der Waals surface area contributed by atoms with Gasteiger partial charge in [0, 0.05) is 48.6 Å². The molecule has 176 valence electrons. The highest BCUT2D eigenvalue weighted by Gasteiger charge is 2.38. The average Bonchev–Trinajstić information content (AvgIpc) is 2.83. The van der Waals surface area contributed by atoms with Crippen molar-refractivity contribution < 1.29 is 14.3 Å². The molecule has 0 radical (unpaired) electrons. The smallest absolute Gasteiger partial charge is 0.250 e. The van der Waals surface area contributed by atoms with Crippen LogP contribution >= 0.6 is 11.6 Å². The largest absolute Gasteiger partial charge is 0.381 e. The Morgan fingerprint density at radius 3 is 2.39 bits per heavy atom. The average molecular weight is 487 g/mol. The Bertz CT molecular complexity index is 942. The zero-order valence-electron chi connectivity index (χ0n) is 19.3. The zero-order valence-corrected chi connectivity index (χ0v) is 20.9. The van der Waals surface area contributed by atoms with Crippen LogP contribution in [0.3, 0.4) is 0 Å². The molecule has 6 heteroatoms. The van der Waals surface area contributed by atoms with Gasteiger partial charge in [-0.25, -0.2) is 4.99 Å². The fourth-order valence-corrected chi connectivity index (χ4v) is 5.55. The monoisotopic (exact) mass is 486 g/mol. The molecule has 0 N–H and O–H groups in total. The summed E-state index contributed by atoms with van der Waals surface area (Å²) in [5.74, 6) is 1.05. The molecule has 33 heavy (non-hydrogen) atoms. The number of aliphatic imine (C=N–C) groups is 1. The maximum atomic E-state index is 12.5. The van der Waals surface area contributed by atoms with E-state index in [1.54, 1.807) is 0 Å². The molecular formula is C27H33ClNO3S+. The first kappa shape index (κ1) is 24.5. The lowest BCUT2D eigenvalue weighted by Gasteiger charge is -2.41. The van der Waals surface area contributed by atoms with Gasteiger partial charge in [-0.1, -0.05) is 35.9 Å². The van der Waals surface area contributed by atoms with Gasteiger partial charge >= 0.3 is 0 Å². The third-order valence-electron chi connectivity index (χ3n) is 6.49. The lowest BCUT2D eigenvalue weighted by Crippen LogP contribution is -2.40. The number of thiol groups is 1. The number of hydrogen-bond donors (Lipinski definition) is 0. The highest BCUT2D eigenvalue weighted by Crippen LogP contribution is 2.39. The van der Waals surface area contributed by atoms with Crippen molar-refractivity contribution in [1.29, 1.82) is 0 Å². The van der Waals surface area contributed by atoms with Crippen LogP contribution < -0.4 is 0 Å². The molecule has 1 aliphatic carbocycles. The van der Waals surface area contributed by atoms with Crippen LogP contribution in [-0.4, -0.2) is 36.7 Å². The number of nitrogens with zero attached hydrogens (tertiary/aromatic N) is 1. The van der Waals surface area contributed by atoms with Gasteiger partial charge < -0.3 is 9.47 Å². The van der Waals surface area contributed by atoms with E-state index in [1.807, 2.05) is 24.3 Å². The van der Waals surface area contributed by atoms with Crippen LogP contribution in [0.4, 0.5) is 0 Å². The second-order valence-corrected chi connectivity index (χ2v) is 10.7. The van der Waals surface area contributed by atoms with E-state index in [0.717, 1.165) is 60.6 Å². The minimum absolute atomic E-state index is 0.0489. The first-order valence-electron chi connectivity index (χ1n) is 11.9. The first-order chi connectivity index (χ1) is 16.1. The van der Waals surface area contributed by atoms with Crippen molar-refractivity contribution in [3.05, 3.63) is 64.7 Å². The second kappa shape index (κ2) is 11.7. The maximum absolute atomic E-state index is 12.5. The van der Waals surface area contributed by atoms with Crippen LogP contribution in [0.2, 0.25) is 5.02 Å². The molecule has 1 amide bonds. The third-order valence-corrected chi connectivity index (χ3v) is 7.72. The van der Waals surface area contributed by atoms with Crippen molar-refractivity contribution in [2.75, 3.05) is 19.0 Å². The van der Waals surface area contributed by atoms with E-state index in [-0.39, 0.29) is 17.6 Å². The molecule has 2 fully saturated rings. The molecule has 2 aliphatic rings. The van der Waals surface area contributed by atoms with Gasteiger partial charge in [0.2, 0.25) is 5.91 Å². The molecule has 0 spiro atoms. The number of benzene rings is 2. The van der Waals surface area contributed by atoms with Gasteiger partial charge in [0.05, 0.1) is 18.1 Å². The van der Waals surface area contributed by atoms with Crippen molar-refractivity contribution in [2.24, 2.45) is 4.99 Å². The lowest BCUT2D eigenvalue weighted by atomic mass is 9.85. The minimum Gasteiger partial charge on any atom is -0.381 e. The van der Waals surface area contributed by atoms with E-state index in [4.69, 9.17) is 21.1 Å². The summed E-state index contributed by atoms with van der Waals surface area (Å²) in [6.45, 7) is 3.57. The molecule has 0 atom stereocenters. The molecule has 2 aromatic rings. The van der Waals surface area contributed by atoms with Crippen LogP contribution in [0.15, 0.2) is 58.4 Å². The molecular weight excluding hydrogens is 454 g/mol.